The van der Waals surface area contributed by atoms with Crippen LogP contribution in [0.1, 0.15) is 76.4 Å². The maximum atomic E-state index is 13.2. The molecule has 2 saturated heterocycles. The number of aryl methyl sites for hydroxylation is 1. The van der Waals surface area contributed by atoms with Crippen LogP contribution in [0.5, 0.6) is 0 Å². The van der Waals surface area contributed by atoms with Crippen molar-refractivity contribution >= 4 is 32.9 Å². The van der Waals surface area contributed by atoms with Crippen molar-refractivity contribution in [3.8, 4) is 22.5 Å². The minimum absolute atomic E-state index is 0.0891. The number of hydrogen-bond acceptors (Lipinski definition) is 6. The van der Waals surface area contributed by atoms with Crippen molar-refractivity contribution in [2.75, 3.05) is 13.2 Å². The highest BCUT2D eigenvalue weighted by molar-refractivity contribution is 9.10. The summed E-state index contributed by atoms with van der Waals surface area (Å²) in [6, 6.07) is 12.2. The minimum Gasteiger partial charge on any atom is -0.444 e. The molecule has 2 unspecified atom stereocenters. The zero-order chi connectivity index (χ0) is 28.7. The molecule has 214 valence electrons. The molecule has 4 aromatic rings. The van der Waals surface area contributed by atoms with Crippen molar-refractivity contribution in [2.45, 2.75) is 77.7 Å². The summed E-state index contributed by atoms with van der Waals surface area (Å²) in [7, 11) is 0. The third-order valence-corrected chi connectivity index (χ3v) is 8.33. The van der Waals surface area contributed by atoms with Gasteiger partial charge < -0.3 is 14.4 Å². The largest absolute Gasteiger partial charge is 0.444 e. The molecule has 0 radical (unpaired) electrons. The number of ether oxygens (including phenoxy) is 2. The van der Waals surface area contributed by atoms with Crippen LogP contribution in [-0.2, 0) is 9.47 Å². The number of carbonyl (C=O) groups excluding carboxylic acids is 1. The van der Waals surface area contributed by atoms with Gasteiger partial charge in [-0.25, -0.2) is 9.48 Å². The summed E-state index contributed by atoms with van der Waals surface area (Å²) >= 11 is 3.78. The third kappa shape index (κ3) is 5.75. The molecule has 9 heteroatoms. The van der Waals surface area contributed by atoms with E-state index in [-0.39, 0.29) is 18.4 Å². The van der Waals surface area contributed by atoms with E-state index in [2.05, 4.69) is 40.3 Å². The molecule has 3 aromatic heterocycles. The second-order valence-corrected chi connectivity index (χ2v) is 12.8. The fourth-order valence-corrected chi connectivity index (χ4v) is 6.43. The van der Waals surface area contributed by atoms with Crippen LogP contribution in [0.4, 0.5) is 4.79 Å². The molecule has 41 heavy (non-hydrogen) atoms. The van der Waals surface area contributed by atoms with Gasteiger partial charge in [0.15, 0.2) is 0 Å². The second-order valence-electron chi connectivity index (χ2n) is 11.9. The van der Waals surface area contributed by atoms with Crippen molar-refractivity contribution in [3.63, 3.8) is 0 Å². The zero-order valence-corrected chi connectivity index (χ0v) is 25.6. The number of amides is 1. The number of pyridine rings is 2. The first-order chi connectivity index (χ1) is 19.7. The summed E-state index contributed by atoms with van der Waals surface area (Å²) in [5.41, 5.74) is 5.96. The van der Waals surface area contributed by atoms with Crippen LogP contribution < -0.4 is 0 Å². The van der Waals surface area contributed by atoms with Crippen LogP contribution in [0.3, 0.4) is 0 Å². The van der Waals surface area contributed by atoms with Crippen molar-refractivity contribution in [1.82, 2.24) is 24.6 Å². The summed E-state index contributed by atoms with van der Waals surface area (Å²) in [6.07, 6.45) is 8.45. The van der Waals surface area contributed by atoms with E-state index < -0.39 is 5.60 Å². The van der Waals surface area contributed by atoms with Crippen LogP contribution in [0.2, 0.25) is 0 Å². The third-order valence-electron chi connectivity index (χ3n) is 7.70. The second kappa shape index (κ2) is 11.2. The van der Waals surface area contributed by atoms with E-state index in [9.17, 15) is 4.79 Å². The normalized spacial score (nSPS) is 19.6. The highest BCUT2D eigenvalue weighted by Crippen LogP contribution is 2.42. The van der Waals surface area contributed by atoms with Gasteiger partial charge >= 0.3 is 6.09 Å². The van der Waals surface area contributed by atoms with Crippen molar-refractivity contribution in [2.24, 2.45) is 0 Å². The predicted molar refractivity (Wildman–Crippen MR) is 162 cm³/mol. The lowest BCUT2D eigenvalue weighted by Crippen LogP contribution is -2.36. The molecule has 1 amide bonds. The van der Waals surface area contributed by atoms with Gasteiger partial charge in [0.1, 0.15) is 17.5 Å². The van der Waals surface area contributed by atoms with Crippen LogP contribution in [0, 0.1) is 6.92 Å². The minimum atomic E-state index is -0.558. The van der Waals surface area contributed by atoms with Crippen LogP contribution in [-0.4, -0.2) is 49.5 Å². The highest BCUT2D eigenvalue weighted by Gasteiger charge is 2.35. The molecular weight excluding hydrogens is 582 g/mol. The van der Waals surface area contributed by atoms with E-state index in [0.29, 0.717) is 6.54 Å². The maximum Gasteiger partial charge on any atom is 0.410 e. The van der Waals surface area contributed by atoms with Gasteiger partial charge in [-0.15, -0.1) is 0 Å². The molecule has 2 aliphatic rings. The van der Waals surface area contributed by atoms with Crippen molar-refractivity contribution in [1.29, 1.82) is 0 Å². The maximum absolute atomic E-state index is 13.2. The van der Waals surface area contributed by atoms with Gasteiger partial charge in [-0.1, -0.05) is 12.1 Å². The molecule has 1 aromatic carbocycles. The molecule has 8 nitrogen and oxygen atoms in total. The van der Waals surface area contributed by atoms with E-state index in [1.165, 1.54) is 0 Å². The smallest absolute Gasteiger partial charge is 0.410 e. The average Bonchev–Trinajstić information content (AvgIpc) is 3.61. The Morgan fingerprint density at radius 1 is 1.12 bits per heavy atom. The molecule has 0 spiro atoms. The Morgan fingerprint density at radius 3 is 2.73 bits per heavy atom. The Hall–Kier alpha value is -3.30. The number of likely N-dealkylation sites (tertiary alicyclic amines) is 1. The lowest BCUT2D eigenvalue weighted by atomic mass is 9.96. The lowest BCUT2D eigenvalue weighted by Gasteiger charge is -2.29. The number of hydrogen-bond donors (Lipinski definition) is 0. The fraction of sp³-hybridized carbons (Fsp3) is 0.438. The Morgan fingerprint density at radius 2 is 1.98 bits per heavy atom. The van der Waals surface area contributed by atoms with Gasteiger partial charge in [0.2, 0.25) is 0 Å². The summed E-state index contributed by atoms with van der Waals surface area (Å²) in [4.78, 5) is 24.6. The van der Waals surface area contributed by atoms with Gasteiger partial charge in [-0.05, 0) is 111 Å². The molecule has 2 aliphatic heterocycles. The van der Waals surface area contributed by atoms with Gasteiger partial charge in [0, 0.05) is 46.7 Å². The Bertz CT molecular complexity index is 1590. The standard InChI is InChI=1S/C32H36BrN5O3/c1-20-9-7-10-26(35-20)30-23(19-38(36-30)28-12-5-6-16-40-28)21-13-14-25-22(17-21)29(24(33)18-34-25)27-11-8-15-37(27)31(39)41-32(2,3)4/h7,9-10,13-14,17-19,27-28H,5-6,8,11-12,15-16H2,1-4H3. The molecule has 0 aliphatic carbocycles. The topological polar surface area (TPSA) is 82.4 Å². The molecule has 5 heterocycles. The number of aromatic nitrogens is 4. The number of carbonyl (C=O) groups is 1. The lowest BCUT2D eigenvalue weighted by molar-refractivity contribution is -0.0393. The van der Waals surface area contributed by atoms with Gasteiger partial charge in [-0.3, -0.25) is 9.97 Å². The summed E-state index contributed by atoms with van der Waals surface area (Å²) in [6.45, 7) is 9.10. The van der Waals surface area contributed by atoms with E-state index >= 15 is 0 Å². The SMILES string of the molecule is Cc1cccc(-c2nn(C3CCCCO3)cc2-c2ccc3ncc(Br)c(C4CCCN4C(=O)OC(C)(C)C)c3c2)n1. The fourth-order valence-electron chi connectivity index (χ4n) is 5.85. The first-order valence-electron chi connectivity index (χ1n) is 14.4. The monoisotopic (exact) mass is 617 g/mol. The van der Waals surface area contributed by atoms with Gasteiger partial charge in [-0.2, -0.15) is 5.10 Å². The Labute approximate surface area is 249 Å². The van der Waals surface area contributed by atoms with Gasteiger partial charge in [0.25, 0.3) is 0 Å². The molecular formula is C32H36BrN5O3. The van der Waals surface area contributed by atoms with E-state index in [1.54, 1.807) is 0 Å². The molecule has 2 fully saturated rings. The van der Waals surface area contributed by atoms with Crippen molar-refractivity contribution in [3.05, 3.63) is 64.5 Å². The Balaban J connectivity index is 1.47. The summed E-state index contributed by atoms with van der Waals surface area (Å²) in [5.74, 6) is 0. The quantitative estimate of drug-likeness (QED) is 0.231. The average molecular weight is 619 g/mol. The van der Waals surface area contributed by atoms with Gasteiger partial charge in [0.05, 0.1) is 17.3 Å². The predicted octanol–water partition coefficient (Wildman–Crippen LogP) is 8.00. The molecule has 0 N–H and O–H groups in total. The highest BCUT2D eigenvalue weighted by atomic mass is 79.9. The van der Waals surface area contributed by atoms with Crippen LogP contribution >= 0.6 is 15.9 Å². The number of benzene rings is 1. The summed E-state index contributed by atoms with van der Waals surface area (Å²) < 4.78 is 14.7. The molecule has 2 atom stereocenters. The number of nitrogens with zero attached hydrogens (tertiary/aromatic N) is 5. The summed E-state index contributed by atoms with van der Waals surface area (Å²) in [5, 5.41) is 6.03. The first-order valence-corrected chi connectivity index (χ1v) is 15.2. The molecule has 0 bridgehead atoms. The molecule has 6 rings (SSSR count). The Kier molecular flexibility index (Phi) is 7.59. The first kappa shape index (κ1) is 27.8. The molecule has 0 saturated carbocycles. The zero-order valence-electron chi connectivity index (χ0n) is 24.1. The van der Waals surface area contributed by atoms with E-state index in [0.717, 1.165) is 87.9 Å². The number of rotatable bonds is 4. The van der Waals surface area contributed by atoms with E-state index in [1.807, 2.05) is 61.7 Å². The number of halogens is 1. The van der Waals surface area contributed by atoms with E-state index in [4.69, 9.17) is 24.5 Å². The van der Waals surface area contributed by atoms with Crippen LogP contribution in [0.25, 0.3) is 33.4 Å². The van der Waals surface area contributed by atoms with Crippen molar-refractivity contribution < 1.29 is 14.3 Å². The van der Waals surface area contributed by atoms with Crippen LogP contribution in [0.15, 0.2) is 53.3 Å². The number of fused-ring (bicyclic) bond motifs is 1.